The van der Waals surface area contributed by atoms with Gasteiger partial charge in [-0.25, -0.2) is 9.18 Å². The maximum absolute atomic E-state index is 14.0. The molecule has 5 atom stereocenters. The van der Waals surface area contributed by atoms with Crippen LogP contribution in [0.4, 0.5) is 9.18 Å². The monoisotopic (exact) mass is 549 g/mol. The topological polar surface area (TPSA) is 131 Å². The average molecular weight is 550 g/mol. The number of benzene rings is 1. The minimum Gasteiger partial charge on any atom is -0.333 e. The van der Waals surface area contributed by atoms with Crippen molar-refractivity contribution in [2.24, 2.45) is 22.7 Å². The van der Waals surface area contributed by atoms with Gasteiger partial charge in [0, 0.05) is 17.3 Å². The molecule has 2 N–H and O–H groups in total. The predicted octanol–water partition coefficient (Wildman–Crippen LogP) is 2.96. The first-order valence-electron chi connectivity index (χ1n) is 13.6. The average Bonchev–Trinajstić information content (AvgIpc) is 3.20. The van der Waals surface area contributed by atoms with Crippen molar-refractivity contribution in [3.63, 3.8) is 0 Å². The van der Waals surface area contributed by atoms with Gasteiger partial charge in [0.15, 0.2) is 6.04 Å². The molecule has 3 fully saturated rings. The molecule has 1 aliphatic carbocycles. The fourth-order valence-corrected chi connectivity index (χ4v) is 6.39. The molecule has 2 aliphatic heterocycles. The molecule has 2 aromatic rings. The second-order valence-corrected chi connectivity index (χ2v) is 13.3. The van der Waals surface area contributed by atoms with E-state index in [0.29, 0.717) is 17.6 Å². The Labute approximate surface area is 233 Å². The van der Waals surface area contributed by atoms with E-state index < -0.39 is 41.1 Å². The Bertz CT molecular complexity index is 1400. The number of aromatic nitrogens is 2. The summed E-state index contributed by atoms with van der Waals surface area (Å²) in [6, 6.07) is 6.17. The SMILES string of the molecule is CC1(F)CN(C(=O)N[C@H](C(=O)N2C[C@H]3[C@@H]([C@H]2C(=O)NC(C#N)c2nncc4ccccc24)C3(C)C)C(C)(C)C)C1. The van der Waals surface area contributed by atoms with Gasteiger partial charge in [-0.15, -0.1) is 0 Å². The lowest BCUT2D eigenvalue weighted by Crippen LogP contribution is -2.65. The molecule has 1 aromatic carbocycles. The number of nitriles is 1. The number of nitrogens with zero attached hydrogens (tertiary/aromatic N) is 5. The summed E-state index contributed by atoms with van der Waals surface area (Å²) in [6.45, 7) is 11.4. The minimum absolute atomic E-state index is 0.0381. The molecule has 3 aliphatic rings. The van der Waals surface area contributed by atoms with Crippen LogP contribution in [0.1, 0.15) is 53.3 Å². The van der Waals surface area contributed by atoms with E-state index >= 15 is 0 Å². The van der Waals surface area contributed by atoms with Gasteiger partial charge in [0.25, 0.3) is 0 Å². The molecule has 0 radical (unpaired) electrons. The van der Waals surface area contributed by atoms with Crippen LogP contribution in [0.25, 0.3) is 10.8 Å². The Morgan fingerprint density at radius 1 is 1.15 bits per heavy atom. The lowest BCUT2D eigenvalue weighted by Gasteiger charge is -2.44. The lowest BCUT2D eigenvalue weighted by atomic mass is 9.85. The zero-order valence-corrected chi connectivity index (χ0v) is 23.7. The van der Waals surface area contributed by atoms with E-state index in [4.69, 9.17) is 0 Å². The highest BCUT2D eigenvalue weighted by molar-refractivity contribution is 5.94. The van der Waals surface area contributed by atoms with Crippen molar-refractivity contribution in [2.45, 2.75) is 65.3 Å². The smallest absolute Gasteiger partial charge is 0.318 e. The highest BCUT2D eigenvalue weighted by atomic mass is 19.1. The number of piperidine rings is 1. The standard InChI is InChI=1S/C29H36FN7O3/c1-27(2,3)23(34-26(40)36-14-29(6,30)15-36)25(39)37-13-18-20(28(18,4)5)22(37)24(38)33-19(11-31)21-17-10-8-7-9-16(17)12-32-35-21/h7-10,12,18-20,22-23H,13-15H2,1-6H3,(H,33,38)(H,34,40)/t18-,19?,20-,22-,23+/m0/s1. The van der Waals surface area contributed by atoms with E-state index in [0.717, 1.165) is 5.39 Å². The van der Waals surface area contributed by atoms with Gasteiger partial charge in [-0.3, -0.25) is 9.59 Å². The largest absolute Gasteiger partial charge is 0.333 e. The fourth-order valence-electron chi connectivity index (χ4n) is 6.39. The third-order valence-corrected chi connectivity index (χ3v) is 8.76. The van der Waals surface area contributed by atoms with Gasteiger partial charge in [0.1, 0.15) is 23.4 Å². The van der Waals surface area contributed by atoms with Crippen LogP contribution in [-0.4, -0.2) is 75.2 Å². The quantitative estimate of drug-likeness (QED) is 0.590. The normalized spacial score (nSPS) is 25.7. The second-order valence-electron chi connectivity index (χ2n) is 13.3. The van der Waals surface area contributed by atoms with Crippen LogP contribution in [0.15, 0.2) is 30.5 Å². The van der Waals surface area contributed by atoms with Gasteiger partial charge in [-0.1, -0.05) is 58.9 Å². The zero-order valence-electron chi connectivity index (χ0n) is 23.7. The maximum atomic E-state index is 14.0. The highest BCUT2D eigenvalue weighted by Gasteiger charge is 2.70. The number of alkyl halides is 1. The van der Waals surface area contributed by atoms with Crippen molar-refractivity contribution in [3.8, 4) is 6.07 Å². The van der Waals surface area contributed by atoms with Crippen LogP contribution in [-0.2, 0) is 9.59 Å². The van der Waals surface area contributed by atoms with Gasteiger partial charge < -0.3 is 20.4 Å². The summed E-state index contributed by atoms with van der Waals surface area (Å²) in [4.78, 5) is 43.6. The summed E-state index contributed by atoms with van der Waals surface area (Å²) < 4.78 is 14.0. The van der Waals surface area contributed by atoms with Crippen molar-refractivity contribution < 1.29 is 18.8 Å². The zero-order chi connectivity index (χ0) is 29.2. The molecular weight excluding hydrogens is 513 g/mol. The predicted molar refractivity (Wildman–Crippen MR) is 145 cm³/mol. The van der Waals surface area contributed by atoms with Crippen LogP contribution in [0.5, 0.6) is 0 Å². The Hall–Kier alpha value is -3.81. The molecule has 212 valence electrons. The highest BCUT2D eigenvalue weighted by Crippen LogP contribution is 2.65. The molecule has 1 saturated carbocycles. The Balaban J connectivity index is 1.39. The van der Waals surface area contributed by atoms with Crippen molar-refractivity contribution in [1.29, 1.82) is 5.26 Å². The molecular formula is C29H36FN7O3. The Morgan fingerprint density at radius 2 is 1.82 bits per heavy atom. The van der Waals surface area contributed by atoms with E-state index in [9.17, 15) is 24.0 Å². The Kier molecular flexibility index (Phi) is 6.51. The number of hydrogen-bond acceptors (Lipinski definition) is 6. The molecule has 10 nitrogen and oxygen atoms in total. The summed E-state index contributed by atoms with van der Waals surface area (Å²) in [6.07, 6.45) is 1.60. The van der Waals surface area contributed by atoms with E-state index in [2.05, 4.69) is 40.7 Å². The van der Waals surface area contributed by atoms with Gasteiger partial charge in [-0.05, 0) is 29.6 Å². The minimum atomic E-state index is -1.44. The number of halogens is 1. The molecule has 0 spiro atoms. The molecule has 3 heterocycles. The second kappa shape index (κ2) is 9.39. The summed E-state index contributed by atoms with van der Waals surface area (Å²) in [7, 11) is 0. The number of nitrogens with one attached hydrogen (secondary N) is 2. The number of likely N-dealkylation sites (tertiary alicyclic amines) is 2. The number of urea groups is 1. The van der Waals surface area contributed by atoms with Crippen LogP contribution in [0.2, 0.25) is 0 Å². The lowest BCUT2D eigenvalue weighted by molar-refractivity contribution is -0.144. The van der Waals surface area contributed by atoms with E-state index in [1.165, 1.54) is 11.8 Å². The number of carbonyl (C=O) groups is 3. The van der Waals surface area contributed by atoms with Crippen molar-refractivity contribution >= 4 is 28.6 Å². The van der Waals surface area contributed by atoms with Gasteiger partial charge >= 0.3 is 6.03 Å². The Morgan fingerprint density at radius 3 is 2.45 bits per heavy atom. The first kappa shape index (κ1) is 27.7. The van der Waals surface area contributed by atoms with Crippen LogP contribution in [0, 0.1) is 34.0 Å². The molecule has 5 rings (SSSR count). The number of rotatable bonds is 5. The summed E-state index contributed by atoms with van der Waals surface area (Å²) in [5.74, 6) is -0.786. The number of amides is 4. The van der Waals surface area contributed by atoms with Gasteiger partial charge in [0.2, 0.25) is 11.8 Å². The third kappa shape index (κ3) is 4.73. The van der Waals surface area contributed by atoms with E-state index in [1.54, 1.807) is 11.1 Å². The molecule has 2 saturated heterocycles. The molecule has 1 aromatic heterocycles. The first-order valence-corrected chi connectivity index (χ1v) is 13.6. The first-order chi connectivity index (χ1) is 18.7. The van der Waals surface area contributed by atoms with Crippen molar-refractivity contribution in [2.75, 3.05) is 19.6 Å². The molecule has 4 amide bonds. The van der Waals surface area contributed by atoms with Crippen molar-refractivity contribution in [1.82, 2.24) is 30.6 Å². The fraction of sp³-hybridized carbons (Fsp3) is 0.586. The molecule has 0 bridgehead atoms. The summed E-state index contributed by atoms with van der Waals surface area (Å²) >= 11 is 0. The number of hydrogen-bond donors (Lipinski definition) is 2. The van der Waals surface area contributed by atoms with Crippen LogP contribution >= 0.6 is 0 Å². The van der Waals surface area contributed by atoms with Gasteiger partial charge in [-0.2, -0.15) is 15.5 Å². The molecule has 1 unspecified atom stereocenters. The van der Waals surface area contributed by atoms with E-state index in [-0.39, 0.29) is 36.2 Å². The van der Waals surface area contributed by atoms with Crippen LogP contribution in [0.3, 0.4) is 0 Å². The van der Waals surface area contributed by atoms with Gasteiger partial charge in [0.05, 0.1) is 25.4 Å². The summed E-state index contributed by atoms with van der Waals surface area (Å²) in [5, 5.41) is 25.3. The third-order valence-electron chi connectivity index (χ3n) is 8.76. The summed E-state index contributed by atoms with van der Waals surface area (Å²) in [5.41, 5.74) is -1.92. The molecule has 40 heavy (non-hydrogen) atoms. The van der Waals surface area contributed by atoms with Crippen LogP contribution < -0.4 is 10.6 Å². The number of carbonyl (C=O) groups excluding carboxylic acids is 3. The van der Waals surface area contributed by atoms with Crippen molar-refractivity contribution in [3.05, 3.63) is 36.2 Å². The van der Waals surface area contributed by atoms with E-state index in [1.807, 2.05) is 45.0 Å². The maximum Gasteiger partial charge on any atom is 0.318 e. The number of fused-ring (bicyclic) bond motifs is 2. The molecule has 11 heteroatoms.